The standard InChI is InChI=1S/C13H16N2O/c1-4-16-13-10-6-5-7-12(14-3)11(10)8-9(2)15-13/h5-8,14H,4H2,1-3H3. The van der Waals surface area contributed by atoms with Crippen molar-refractivity contribution < 1.29 is 4.74 Å². The predicted octanol–water partition coefficient (Wildman–Crippen LogP) is 2.98. The minimum Gasteiger partial charge on any atom is -0.478 e. The lowest BCUT2D eigenvalue weighted by Crippen LogP contribution is -1.98. The summed E-state index contributed by atoms with van der Waals surface area (Å²) in [7, 11) is 1.92. The lowest BCUT2D eigenvalue weighted by Gasteiger charge is -2.10. The van der Waals surface area contributed by atoms with Gasteiger partial charge in [-0.2, -0.15) is 0 Å². The predicted molar refractivity (Wildman–Crippen MR) is 67.2 cm³/mol. The van der Waals surface area contributed by atoms with Gasteiger partial charge in [-0.1, -0.05) is 6.07 Å². The van der Waals surface area contributed by atoms with Crippen LogP contribution in [0.25, 0.3) is 10.8 Å². The quantitative estimate of drug-likeness (QED) is 0.856. The summed E-state index contributed by atoms with van der Waals surface area (Å²) < 4.78 is 5.56. The molecule has 1 N–H and O–H groups in total. The molecule has 2 rings (SSSR count). The van der Waals surface area contributed by atoms with Crippen LogP contribution in [-0.2, 0) is 0 Å². The molecule has 1 aromatic carbocycles. The highest BCUT2D eigenvalue weighted by atomic mass is 16.5. The lowest BCUT2D eigenvalue weighted by atomic mass is 10.1. The number of benzene rings is 1. The molecule has 0 saturated heterocycles. The first-order chi connectivity index (χ1) is 7.76. The van der Waals surface area contributed by atoms with Gasteiger partial charge in [-0.15, -0.1) is 0 Å². The second-order valence-electron chi connectivity index (χ2n) is 3.65. The highest BCUT2D eigenvalue weighted by Gasteiger charge is 2.07. The van der Waals surface area contributed by atoms with Crippen molar-refractivity contribution in [2.75, 3.05) is 19.0 Å². The van der Waals surface area contributed by atoms with E-state index in [0.29, 0.717) is 6.61 Å². The van der Waals surface area contributed by atoms with Crippen LogP contribution in [0.15, 0.2) is 24.3 Å². The zero-order chi connectivity index (χ0) is 11.5. The number of hydrogen-bond donors (Lipinski definition) is 1. The molecule has 3 nitrogen and oxygen atoms in total. The van der Waals surface area contributed by atoms with Gasteiger partial charge in [-0.25, -0.2) is 4.98 Å². The Hall–Kier alpha value is -1.77. The molecular formula is C13H16N2O. The van der Waals surface area contributed by atoms with E-state index in [4.69, 9.17) is 4.74 Å². The normalized spacial score (nSPS) is 10.4. The first-order valence-corrected chi connectivity index (χ1v) is 5.47. The van der Waals surface area contributed by atoms with Crippen LogP contribution in [0.2, 0.25) is 0 Å². The van der Waals surface area contributed by atoms with E-state index in [2.05, 4.69) is 22.4 Å². The van der Waals surface area contributed by atoms with Gasteiger partial charge in [0, 0.05) is 29.2 Å². The first kappa shape index (κ1) is 10.7. The van der Waals surface area contributed by atoms with Crippen LogP contribution >= 0.6 is 0 Å². The summed E-state index contributed by atoms with van der Waals surface area (Å²) in [6.45, 7) is 4.58. The number of nitrogens with zero attached hydrogens (tertiary/aromatic N) is 1. The number of aryl methyl sites for hydroxylation is 1. The molecule has 0 bridgehead atoms. The number of ether oxygens (including phenoxy) is 1. The van der Waals surface area contributed by atoms with Crippen molar-refractivity contribution >= 4 is 16.5 Å². The van der Waals surface area contributed by atoms with Crippen LogP contribution in [0.3, 0.4) is 0 Å². The maximum atomic E-state index is 5.56. The molecule has 0 fully saturated rings. The summed E-state index contributed by atoms with van der Waals surface area (Å²) in [6.07, 6.45) is 0. The molecule has 2 aromatic rings. The number of anilines is 1. The third-order valence-corrected chi connectivity index (χ3v) is 2.52. The van der Waals surface area contributed by atoms with E-state index >= 15 is 0 Å². The fraction of sp³-hybridized carbons (Fsp3) is 0.308. The number of rotatable bonds is 3. The smallest absolute Gasteiger partial charge is 0.221 e. The molecule has 0 atom stereocenters. The van der Waals surface area contributed by atoms with Gasteiger partial charge < -0.3 is 10.1 Å². The molecule has 1 heterocycles. The Morgan fingerprint density at radius 3 is 2.81 bits per heavy atom. The van der Waals surface area contributed by atoms with E-state index in [1.54, 1.807) is 0 Å². The van der Waals surface area contributed by atoms with Gasteiger partial charge in [-0.3, -0.25) is 0 Å². The average molecular weight is 216 g/mol. The van der Waals surface area contributed by atoms with Crippen LogP contribution in [0.1, 0.15) is 12.6 Å². The topological polar surface area (TPSA) is 34.1 Å². The summed E-state index contributed by atoms with van der Waals surface area (Å²) in [5, 5.41) is 5.39. The molecule has 3 heteroatoms. The second-order valence-corrected chi connectivity index (χ2v) is 3.65. The van der Waals surface area contributed by atoms with Crippen molar-refractivity contribution in [3.63, 3.8) is 0 Å². The van der Waals surface area contributed by atoms with Crippen LogP contribution in [0, 0.1) is 6.92 Å². The second kappa shape index (κ2) is 4.39. The van der Waals surface area contributed by atoms with Crippen molar-refractivity contribution in [1.82, 2.24) is 4.98 Å². The zero-order valence-electron chi connectivity index (χ0n) is 9.87. The summed E-state index contributed by atoms with van der Waals surface area (Å²) >= 11 is 0. The molecule has 0 aliphatic carbocycles. The highest BCUT2D eigenvalue weighted by molar-refractivity contribution is 5.96. The van der Waals surface area contributed by atoms with Crippen LogP contribution in [0.4, 0.5) is 5.69 Å². The molecule has 0 unspecified atom stereocenters. The molecule has 84 valence electrons. The van der Waals surface area contributed by atoms with E-state index in [9.17, 15) is 0 Å². The maximum Gasteiger partial charge on any atom is 0.221 e. The summed E-state index contributed by atoms with van der Waals surface area (Å²) in [5.41, 5.74) is 2.07. The van der Waals surface area contributed by atoms with Gasteiger partial charge >= 0.3 is 0 Å². The van der Waals surface area contributed by atoms with Gasteiger partial charge in [0.25, 0.3) is 0 Å². The van der Waals surface area contributed by atoms with E-state index < -0.39 is 0 Å². The highest BCUT2D eigenvalue weighted by Crippen LogP contribution is 2.29. The van der Waals surface area contributed by atoms with Gasteiger partial charge in [0.15, 0.2) is 0 Å². The van der Waals surface area contributed by atoms with Gasteiger partial charge in [0.2, 0.25) is 5.88 Å². The van der Waals surface area contributed by atoms with Crippen molar-refractivity contribution in [1.29, 1.82) is 0 Å². The van der Waals surface area contributed by atoms with E-state index in [-0.39, 0.29) is 0 Å². The number of pyridine rings is 1. The number of nitrogens with one attached hydrogen (secondary N) is 1. The Bertz CT molecular complexity index is 509. The van der Waals surface area contributed by atoms with E-state index in [1.807, 2.05) is 33.0 Å². The Labute approximate surface area is 95.5 Å². The Morgan fingerprint density at radius 1 is 1.31 bits per heavy atom. The SMILES string of the molecule is CCOc1nc(C)cc2c(NC)cccc12. The van der Waals surface area contributed by atoms with Crippen molar-refractivity contribution in [2.45, 2.75) is 13.8 Å². The van der Waals surface area contributed by atoms with Crippen molar-refractivity contribution in [3.05, 3.63) is 30.0 Å². The third-order valence-electron chi connectivity index (χ3n) is 2.52. The molecule has 0 aliphatic rings. The summed E-state index contributed by atoms with van der Waals surface area (Å²) in [5.74, 6) is 0.717. The van der Waals surface area contributed by atoms with Gasteiger partial charge in [-0.05, 0) is 32.0 Å². The lowest BCUT2D eigenvalue weighted by molar-refractivity contribution is 0.331. The number of aromatic nitrogens is 1. The molecule has 0 aliphatic heterocycles. The minimum absolute atomic E-state index is 0.634. The molecular weight excluding hydrogens is 200 g/mol. The number of hydrogen-bond acceptors (Lipinski definition) is 3. The molecule has 0 spiro atoms. The summed E-state index contributed by atoms with van der Waals surface area (Å²) in [6, 6.07) is 8.17. The van der Waals surface area contributed by atoms with Crippen LogP contribution in [0.5, 0.6) is 5.88 Å². The molecule has 0 saturated carbocycles. The molecule has 0 radical (unpaired) electrons. The zero-order valence-corrected chi connectivity index (χ0v) is 9.87. The van der Waals surface area contributed by atoms with E-state index in [0.717, 1.165) is 28.0 Å². The third kappa shape index (κ3) is 1.81. The Morgan fingerprint density at radius 2 is 2.12 bits per heavy atom. The van der Waals surface area contributed by atoms with Gasteiger partial charge in [0.05, 0.1) is 6.61 Å². The molecule has 1 aromatic heterocycles. The molecule has 16 heavy (non-hydrogen) atoms. The van der Waals surface area contributed by atoms with Crippen molar-refractivity contribution in [3.8, 4) is 5.88 Å². The minimum atomic E-state index is 0.634. The first-order valence-electron chi connectivity index (χ1n) is 5.47. The fourth-order valence-corrected chi connectivity index (χ4v) is 1.83. The van der Waals surface area contributed by atoms with E-state index in [1.165, 1.54) is 0 Å². The Balaban J connectivity index is 2.72. The monoisotopic (exact) mass is 216 g/mol. The average Bonchev–Trinajstić information content (AvgIpc) is 2.28. The number of fused-ring (bicyclic) bond motifs is 1. The van der Waals surface area contributed by atoms with Gasteiger partial charge in [0.1, 0.15) is 0 Å². The summed E-state index contributed by atoms with van der Waals surface area (Å²) in [4.78, 5) is 4.42. The maximum absolute atomic E-state index is 5.56. The fourth-order valence-electron chi connectivity index (χ4n) is 1.83. The molecule has 0 amide bonds. The largest absolute Gasteiger partial charge is 0.478 e. The Kier molecular flexibility index (Phi) is 2.95. The van der Waals surface area contributed by atoms with Crippen molar-refractivity contribution in [2.24, 2.45) is 0 Å². The van der Waals surface area contributed by atoms with Crippen LogP contribution in [-0.4, -0.2) is 18.6 Å². The van der Waals surface area contributed by atoms with Crippen LogP contribution < -0.4 is 10.1 Å².